The first-order chi connectivity index (χ1) is 15.1. The molecule has 0 radical (unpaired) electrons. The van der Waals surface area contributed by atoms with Gasteiger partial charge < -0.3 is 20.4 Å². The fraction of sp³-hybridized carbons (Fsp3) is 0.889. The average Bonchev–Trinajstić information content (AvgIpc) is 2.61. The van der Waals surface area contributed by atoms with Crippen molar-refractivity contribution in [1.82, 2.24) is 4.90 Å². The summed E-state index contributed by atoms with van der Waals surface area (Å²) in [7, 11) is 0. The molecule has 0 fully saturated rings. The molecule has 0 atom stereocenters. The van der Waals surface area contributed by atoms with E-state index in [-0.39, 0.29) is 0 Å². The molecule has 0 rings (SSSR count). The summed E-state index contributed by atoms with van der Waals surface area (Å²) in [4.78, 5) is 11.6. The van der Waals surface area contributed by atoms with Crippen LogP contribution in [0.5, 0.6) is 0 Å². The number of carboxylic acid groups (broad SMARTS) is 1. The van der Waals surface area contributed by atoms with Crippen LogP contribution in [0.25, 0.3) is 0 Å². The monoisotopic (exact) mass is 473 g/mol. The largest absolute Gasteiger partial charge is 0.481 e. The predicted molar refractivity (Wildman–Crippen MR) is 138 cm³/mol. The molecule has 33 heavy (non-hydrogen) atoms. The zero-order valence-corrected chi connectivity index (χ0v) is 22.7. The van der Waals surface area contributed by atoms with Gasteiger partial charge in [0.05, 0.1) is 0 Å². The number of rotatable bonds is 18. The second kappa shape index (κ2) is 18.4. The first kappa shape index (κ1) is 34.2. The molecular formula is C27H55NO5. The van der Waals surface area contributed by atoms with Crippen molar-refractivity contribution >= 4 is 5.97 Å². The zero-order valence-electron chi connectivity index (χ0n) is 22.7. The highest BCUT2D eigenvalue weighted by atomic mass is 16.4. The summed E-state index contributed by atoms with van der Waals surface area (Å²) in [6, 6.07) is 0. The fourth-order valence-corrected chi connectivity index (χ4v) is 4.36. The summed E-state index contributed by atoms with van der Waals surface area (Å²) in [6.07, 6.45) is 21.2. The molecule has 4 N–H and O–H groups in total. The Bertz CT molecular complexity index is 465. The Morgan fingerprint density at radius 3 is 1.27 bits per heavy atom. The molecule has 0 bridgehead atoms. The summed E-state index contributed by atoms with van der Waals surface area (Å²) in [5.74, 6) is -0.664. The number of nitrogens with zero attached hydrogens (tertiary/aromatic N) is 1. The standard InChI is InChI=1S/C18H34O2.C9H21NO3/c1-2-3-4-5-6-7-8-9-10-11-12-13-14-15-16-17-18(19)20;1-7(2,11)10(8(3,4)12)9(5,6)13/h9-10H,2-8,11-17H2,1H3,(H,19,20);11-13H,1-6H3. The van der Waals surface area contributed by atoms with Gasteiger partial charge in [-0.25, -0.2) is 4.90 Å². The SMILES string of the molecule is CC(C)(O)N(C(C)(C)O)C(C)(C)O.CCCCCCCCC=CCCCCCCCC(=O)O. The first-order valence-electron chi connectivity index (χ1n) is 13.0. The van der Waals surface area contributed by atoms with Gasteiger partial charge in [-0.05, 0) is 73.6 Å². The highest BCUT2D eigenvalue weighted by Crippen LogP contribution is 2.29. The molecule has 0 aliphatic carbocycles. The van der Waals surface area contributed by atoms with E-state index in [1.165, 1.54) is 117 Å². The van der Waals surface area contributed by atoms with E-state index in [0.29, 0.717) is 6.42 Å². The van der Waals surface area contributed by atoms with Crippen LogP contribution in [0.3, 0.4) is 0 Å². The lowest BCUT2D eigenvalue weighted by Crippen LogP contribution is -2.64. The van der Waals surface area contributed by atoms with Crippen molar-refractivity contribution in [2.75, 3.05) is 0 Å². The van der Waals surface area contributed by atoms with Crippen molar-refractivity contribution in [3.8, 4) is 0 Å². The van der Waals surface area contributed by atoms with Crippen LogP contribution in [-0.4, -0.2) is 48.5 Å². The third-order valence-electron chi connectivity index (χ3n) is 5.29. The van der Waals surface area contributed by atoms with Crippen LogP contribution in [0.1, 0.15) is 138 Å². The lowest BCUT2D eigenvalue weighted by molar-refractivity contribution is -0.288. The van der Waals surface area contributed by atoms with Gasteiger partial charge in [0.1, 0.15) is 17.2 Å². The Labute approximate surface area is 204 Å². The number of allylic oxidation sites excluding steroid dienone is 2. The normalized spacial score (nSPS) is 12.8. The second-order valence-electron chi connectivity index (χ2n) is 10.5. The van der Waals surface area contributed by atoms with Gasteiger partial charge in [0.2, 0.25) is 0 Å². The molecule has 0 heterocycles. The molecule has 0 spiro atoms. The predicted octanol–water partition coefficient (Wildman–Crippen LogP) is 6.58. The minimum atomic E-state index is -1.28. The molecule has 0 aliphatic heterocycles. The third kappa shape index (κ3) is 22.6. The van der Waals surface area contributed by atoms with Crippen LogP contribution >= 0.6 is 0 Å². The van der Waals surface area contributed by atoms with Gasteiger partial charge in [-0.2, -0.15) is 0 Å². The maximum absolute atomic E-state index is 10.3. The van der Waals surface area contributed by atoms with Crippen molar-refractivity contribution < 1.29 is 25.2 Å². The summed E-state index contributed by atoms with van der Waals surface area (Å²) in [5, 5.41) is 37.8. The van der Waals surface area contributed by atoms with Crippen molar-refractivity contribution in [3.63, 3.8) is 0 Å². The van der Waals surface area contributed by atoms with E-state index < -0.39 is 23.1 Å². The van der Waals surface area contributed by atoms with Gasteiger partial charge >= 0.3 is 5.97 Å². The van der Waals surface area contributed by atoms with E-state index >= 15 is 0 Å². The van der Waals surface area contributed by atoms with Gasteiger partial charge in [0.15, 0.2) is 0 Å². The maximum Gasteiger partial charge on any atom is 0.303 e. The number of aliphatic carboxylic acids is 1. The van der Waals surface area contributed by atoms with E-state index in [2.05, 4.69) is 19.1 Å². The molecular weight excluding hydrogens is 418 g/mol. The number of unbranched alkanes of at least 4 members (excludes halogenated alkanes) is 11. The van der Waals surface area contributed by atoms with E-state index in [9.17, 15) is 20.1 Å². The van der Waals surface area contributed by atoms with Crippen molar-refractivity contribution in [2.24, 2.45) is 0 Å². The summed E-state index contributed by atoms with van der Waals surface area (Å²) < 4.78 is 0. The van der Waals surface area contributed by atoms with Crippen LogP contribution in [0, 0.1) is 0 Å². The van der Waals surface area contributed by atoms with Gasteiger partial charge in [-0.3, -0.25) is 4.79 Å². The molecule has 198 valence electrons. The fourth-order valence-electron chi connectivity index (χ4n) is 4.36. The highest BCUT2D eigenvalue weighted by Gasteiger charge is 2.43. The van der Waals surface area contributed by atoms with Crippen LogP contribution in [0.15, 0.2) is 12.2 Å². The number of aliphatic hydroxyl groups is 3. The van der Waals surface area contributed by atoms with E-state index in [0.717, 1.165) is 12.8 Å². The third-order valence-corrected chi connectivity index (χ3v) is 5.29. The molecule has 6 nitrogen and oxygen atoms in total. The smallest absolute Gasteiger partial charge is 0.303 e. The number of hydrogen-bond acceptors (Lipinski definition) is 5. The van der Waals surface area contributed by atoms with Crippen molar-refractivity contribution in [1.29, 1.82) is 0 Å². The second-order valence-corrected chi connectivity index (χ2v) is 10.5. The average molecular weight is 474 g/mol. The van der Waals surface area contributed by atoms with E-state index in [1.54, 1.807) is 0 Å². The summed E-state index contributed by atoms with van der Waals surface area (Å²) in [6.45, 7) is 11.4. The molecule has 6 heteroatoms. The molecule has 0 saturated carbocycles. The lowest BCUT2D eigenvalue weighted by Gasteiger charge is -2.49. The van der Waals surface area contributed by atoms with Crippen LogP contribution in [0.4, 0.5) is 0 Å². The highest BCUT2D eigenvalue weighted by molar-refractivity contribution is 5.66. The molecule has 0 amide bonds. The summed E-state index contributed by atoms with van der Waals surface area (Å²) >= 11 is 0. The first-order valence-corrected chi connectivity index (χ1v) is 13.0. The lowest BCUT2D eigenvalue weighted by atomic mass is 10.1. The topological polar surface area (TPSA) is 101 Å². The van der Waals surface area contributed by atoms with Crippen molar-refractivity contribution in [3.05, 3.63) is 12.2 Å². The van der Waals surface area contributed by atoms with Gasteiger partial charge in [-0.1, -0.05) is 70.4 Å². The van der Waals surface area contributed by atoms with Crippen LogP contribution in [0.2, 0.25) is 0 Å². The van der Waals surface area contributed by atoms with Crippen LogP contribution in [-0.2, 0) is 4.79 Å². The number of carboxylic acids is 1. The number of hydrogen-bond donors (Lipinski definition) is 4. The van der Waals surface area contributed by atoms with Crippen LogP contribution < -0.4 is 0 Å². The molecule has 0 unspecified atom stereocenters. The zero-order chi connectivity index (χ0) is 26.0. The Hall–Kier alpha value is -0.950. The minimum absolute atomic E-state index is 0.332. The molecule has 0 saturated heterocycles. The van der Waals surface area contributed by atoms with Gasteiger partial charge in [-0.15, -0.1) is 0 Å². The Kier molecular flexibility index (Phi) is 19.1. The maximum atomic E-state index is 10.3. The Morgan fingerprint density at radius 1 is 0.636 bits per heavy atom. The van der Waals surface area contributed by atoms with E-state index in [1.807, 2.05) is 0 Å². The quantitative estimate of drug-likeness (QED) is 0.102. The van der Waals surface area contributed by atoms with Gasteiger partial charge in [0.25, 0.3) is 0 Å². The Morgan fingerprint density at radius 2 is 0.970 bits per heavy atom. The number of carbonyl (C=O) groups is 1. The van der Waals surface area contributed by atoms with Crippen molar-refractivity contribution in [2.45, 2.75) is 156 Å². The molecule has 0 aromatic heterocycles. The Balaban J connectivity index is 0. The molecule has 0 aromatic rings. The van der Waals surface area contributed by atoms with E-state index in [4.69, 9.17) is 5.11 Å². The molecule has 0 aliphatic rings. The molecule has 0 aromatic carbocycles. The van der Waals surface area contributed by atoms with Gasteiger partial charge in [0, 0.05) is 6.42 Å². The minimum Gasteiger partial charge on any atom is -0.481 e. The summed E-state index contributed by atoms with van der Waals surface area (Å²) in [5.41, 5.74) is -3.84.